The van der Waals surface area contributed by atoms with Crippen LogP contribution in [0.5, 0.6) is 11.5 Å². The molecular formula is C25H29F2N5O4. The summed E-state index contributed by atoms with van der Waals surface area (Å²) >= 11 is 0. The van der Waals surface area contributed by atoms with E-state index in [1.54, 1.807) is 6.20 Å². The van der Waals surface area contributed by atoms with Gasteiger partial charge in [-0.05, 0) is 13.0 Å². The SMILES string of the molecule is CCN1C(=O)N(c2c(F)c(OC)cc(OC)c2F)Cc2cnc3c(cc(CN4CCOCC4)n3C)c21. The van der Waals surface area contributed by atoms with Gasteiger partial charge in [-0.1, -0.05) is 0 Å². The summed E-state index contributed by atoms with van der Waals surface area (Å²) in [7, 11) is 4.50. The van der Waals surface area contributed by atoms with Crippen molar-refractivity contribution >= 4 is 28.4 Å². The molecule has 11 heteroatoms. The van der Waals surface area contributed by atoms with Crippen LogP contribution in [0.1, 0.15) is 18.2 Å². The van der Waals surface area contributed by atoms with Crippen LogP contribution in [0, 0.1) is 11.6 Å². The van der Waals surface area contributed by atoms with Crippen LogP contribution in [0.25, 0.3) is 11.0 Å². The van der Waals surface area contributed by atoms with Crippen molar-refractivity contribution in [3.05, 3.63) is 41.2 Å². The molecule has 9 nitrogen and oxygen atoms in total. The van der Waals surface area contributed by atoms with E-state index in [1.807, 2.05) is 18.5 Å². The Hall–Kier alpha value is -3.44. The van der Waals surface area contributed by atoms with Crippen LogP contribution in [0.4, 0.5) is 25.0 Å². The predicted molar refractivity (Wildman–Crippen MR) is 131 cm³/mol. The summed E-state index contributed by atoms with van der Waals surface area (Å²) in [6.07, 6.45) is 1.67. The zero-order valence-electron chi connectivity index (χ0n) is 20.8. The van der Waals surface area contributed by atoms with Crippen LogP contribution < -0.4 is 19.3 Å². The van der Waals surface area contributed by atoms with E-state index in [-0.39, 0.29) is 18.0 Å². The highest BCUT2D eigenvalue weighted by atomic mass is 19.1. The highest BCUT2D eigenvalue weighted by Crippen LogP contribution is 2.42. The van der Waals surface area contributed by atoms with E-state index in [0.717, 1.165) is 47.3 Å². The molecular weight excluding hydrogens is 472 g/mol. The molecule has 4 heterocycles. The molecule has 192 valence electrons. The fourth-order valence-corrected chi connectivity index (χ4v) is 4.98. The minimum absolute atomic E-state index is 0.0501. The minimum atomic E-state index is -0.967. The van der Waals surface area contributed by atoms with Gasteiger partial charge in [0, 0.05) is 62.1 Å². The van der Waals surface area contributed by atoms with Crippen molar-refractivity contribution in [2.24, 2.45) is 7.05 Å². The van der Waals surface area contributed by atoms with Crippen molar-refractivity contribution in [3.63, 3.8) is 0 Å². The Morgan fingerprint density at radius 3 is 2.33 bits per heavy atom. The summed E-state index contributed by atoms with van der Waals surface area (Å²) in [5.74, 6) is -2.36. The predicted octanol–water partition coefficient (Wildman–Crippen LogP) is 3.67. The number of hydrogen-bond donors (Lipinski definition) is 0. The van der Waals surface area contributed by atoms with E-state index in [9.17, 15) is 4.79 Å². The number of hydrogen-bond acceptors (Lipinski definition) is 6. The second kappa shape index (κ2) is 9.55. The van der Waals surface area contributed by atoms with Gasteiger partial charge >= 0.3 is 6.03 Å². The van der Waals surface area contributed by atoms with Gasteiger partial charge in [0.15, 0.2) is 23.1 Å². The van der Waals surface area contributed by atoms with E-state index < -0.39 is 23.4 Å². The Balaban J connectivity index is 1.60. The Morgan fingerprint density at radius 1 is 1.06 bits per heavy atom. The third-order valence-electron chi connectivity index (χ3n) is 6.89. The van der Waals surface area contributed by atoms with E-state index in [4.69, 9.17) is 14.2 Å². The normalized spacial score (nSPS) is 16.6. The average molecular weight is 502 g/mol. The third kappa shape index (κ3) is 3.82. The number of rotatable bonds is 6. The number of pyridine rings is 1. The molecule has 5 rings (SSSR count). The highest BCUT2D eigenvalue weighted by molar-refractivity contribution is 6.11. The first kappa shape index (κ1) is 24.3. The number of benzene rings is 1. The fraction of sp³-hybridized carbons (Fsp3) is 0.440. The van der Waals surface area contributed by atoms with E-state index in [1.165, 1.54) is 19.1 Å². The number of urea groups is 1. The summed E-state index contributed by atoms with van der Waals surface area (Å²) in [5, 5.41) is 0.831. The van der Waals surface area contributed by atoms with Crippen LogP contribution in [-0.4, -0.2) is 67.5 Å². The topological polar surface area (TPSA) is 72.3 Å². The summed E-state index contributed by atoms with van der Waals surface area (Å²) in [6, 6.07) is 2.64. The van der Waals surface area contributed by atoms with Gasteiger partial charge in [0.05, 0.1) is 39.7 Å². The number of carbonyl (C=O) groups is 1. The number of anilines is 2. The quantitative estimate of drug-likeness (QED) is 0.513. The molecule has 0 N–H and O–H groups in total. The Morgan fingerprint density at radius 2 is 1.72 bits per heavy atom. The van der Waals surface area contributed by atoms with E-state index in [0.29, 0.717) is 31.0 Å². The first-order chi connectivity index (χ1) is 17.4. The first-order valence-corrected chi connectivity index (χ1v) is 11.8. The largest absolute Gasteiger partial charge is 0.493 e. The average Bonchev–Trinajstić information content (AvgIpc) is 3.20. The van der Waals surface area contributed by atoms with Gasteiger partial charge in [-0.3, -0.25) is 14.7 Å². The maximum atomic E-state index is 15.3. The number of aryl methyl sites for hydroxylation is 1. The van der Waals surface area contributed by atoms with Gasteiger partial charge in [-0.2, -0.15) is 0 Å². The molecule has 0 spiro atoms. The van der Waals surface area contributed by atoms with Crippen molar-refractivity contribution in [2.45, 2.75) is 20.0 Å². The maximum Gasteiger partial charge on any atom is 0.329 e. The molecule has 0 bridgehead atoms. The minimum Gasteiger partial charge on any atom is -0.493 e. The molecule has 2 aliphatic rings. The van der Waals surface area contributed by atoms with Gasteiger partial charge < -0.3 is 18.8 Å². The molecule has 1 aromatic carbocycles. The van der Waals surface area contributed by atoms with Crippen LogP contribution in [0.15, 0.2) is 18.3 Å². The van der Waals surface area contributed by atoms with Gasteiger partial charge in [0.2, 0.25) is 0 Å². The smallest absolute Gasteiger partial charge is 0.329 e. The van der Waals surface area contributed by atoms with Crippen molar-refractivity contribution in [2.75, 3.05) is 56.9 Å². The fourth-order valence-electron chi connectivity index (χ4n) is 4.98. The van der Waals surface area contributed by atoms with Crippen molar-refractivity contribution in [1.82, 2.24) is 14.5 Å². The number of aromatic nitrogens is 2. The molecule has 0 radical (unpaired) electrons. The lowest BCUT2D eigenvalue weighted by atomic mass is 10.1. The highest BCUT2D eigenvalue weighted by Gasteiger charge is 2.37. The number of carbonyl (C=O) groups excluding carboxylic acids is 1. The third-order valence-corrected chi connectivity index (χ3v) is 6.89. The number of methoxy groups -OCH3 is 2. The van der Waals surface area contributed by atoms with E-state index in [2.05, 4.69) is 16.0 Å². The van der Waals surface area contributed by atoms with Crippen LogP contribution in [-0.2, 0) is 24.9 Å². The first-order valence-electron chi connectivity index (χ1n) is 11.8. The van der Waals surface area contributed by atoms with Crippen molar-refractivity contribution < 1.29 is 27.8 Å². The van der Waals surface area contributed by atoms with E-state index >= 15 is 8.78 Å². The number of amides is 2. The maximum absolute atomic E-state index is 15.3. The summed E-state index contributed by atoms with van der Waals surface area (Å²) in [6.45, 7) is 5.92. The number of fused-ring (bicyclic) bond motifs is 3. The lowest BCUT2D eigenvalue weighted by Gasteiger charge is -2.37. The molecule has 1 saturated heterocycles. The lowest BCUT2D eigenvalue weighted by Crippen LogP contribution is -2.48. The second-order valence-electron chi connectivity index (χ2n) is 8.82. The van der Waals surface area contributed by atoms with Gasteiger partial charge in [-0.15, -0.1) is 0 Å². The number of nitrogens with zero attached hydrogens (tertiary/aromatic N) is 5. The van der Waals surface area contributed by atoms with Crippen LogP contribution in [0.3, 0.4) is 0 Å². The molecule has 2 aliphatic heterocycles. The molecule has 36 heavy (non-hydrogen) atoms. The Bertz CT molecular complexity index is 1290. The number of ether oxygens (including phenoxy) is 3. The molecule has 0 atom stereocenters. The van der Waals surface area contributed by atoms with Crippen molar-refractivity contribution in [3.8, 4) is 11.5 Å². The Kier molecular flexibility index (Phi) is 6.44. The number of halogens is 2. The van der Waals surface area contributed by atoms with Crippen LogP contribution in [0.2, 0.25) is 0 Å². The molecule has 0 saturated carbocycles. The lowest BCUT2D eigenvalue weighted by molar-refractivity contribution is 0.0333. The monoisotopic (exact) mass is 501 g/mol. The second-order valence-corrected chi connectivity index (χ2v) is 8.82. The van der Waals surface area contributed by atoms with Crippen LogP contribution >= 0.6 is 0 Å². The standard InChI is InChI=1S/C25H29F2N5O4/c1-5-31-22-15(12-28-24-17(22)10-16(29(24)2)14-30-6-8-36-9-7-30)13-32(25(31)33)23-20(26)18(34-3)11-19(35-4)21(23)27/h10-12H,5-9,13-14H2,1-4H3. The molecule has 0 aliphatic carbocycles. The van der Waals surface area contributed by atoms with Crippen molar-refractivity contribution in [1.29, 1.82) is 0 Å². The Labute approximate surface area is 207 Å². The summed E-state index contributed by atoms with van der Waals surface area (Å²) in [5.41, 5.74) is 2.70. The molecule has 1 fully saturated rings. The van der Waals surface area contributed by atoms with Gasteiger partial charge in [0.1, 0.15) is 11.3 Å². The van der Waals surface area contributed by atoms with Gasteiger partial charge in [-0.25, -0.2) is 18.6 Å². The molecule has 3 aromatic rings. The molecule has 0 unspecified atom stereocenters. The zero-order chi connectivity index (χ0) is 25.6. The molecule has 2 amide bonds. The molecule has 2 aromatic heterocycles. The zero-order valence-corrected chi connectivity index (χ0v) is 20.8. The summed E-state index contributed by atoms with van der Waals surface area (Å²) in [4.78, 5) is 23.2. The number of morpholine rings is 1. The van der Waals surface area contributed by atoms with Gasteiger partial charge in [0.25, 0.3) is 0 Å². The summed E-state index contributed by atoms with van der Waals surface area (Å²) < 4.78 is 48.2.